The van der Waals surface area contributed by atoms with Crippen molar-refractivity contribution in [1.29, 1.82) is 0 Å². The van der Waals surface area contributed by atoms with Crippen LogP contribution in [0.15, 0.2) is 10.5 Å². The van der Waals surface area contributed by atoms with Gasteiger partial charge in [-0.2, -0.15) is 0 Å². The number of carboxylic acids is 1. The Labute approximate surface area is 128 Å². The lowest BCUT2D eigenvalue weighted by Crippen LogP contribution is -2.05. The van der Waals surface area contributed by atoms with Gasteiger partial charge < -0.3 is 14.6 Å². The SMILES string of the molecule is COc1cc(Br)c(CCCC(=O)O)c(C(C)C)c1OC. The van der Waals surface area contributed by atoms with E-state index in [2.05, 4.69) is 29.8 Å². The molecular formula is C15H21BrO4. The molecule has 20 heavy (non-hydrogen) atoms. The third kappa shape index (κ3) is 3.88. The molecule has 0 aromatic heterocycles. The lowest BCUT2D eigenvalue weighted by Gasteiger charge is -2.21. The lowest BCUT2D eigenvalue weighted by atomic mass is 9.92. The Balaban J connectivity index is 3.23. The Bertz CT molecular complexity index is 483. The number of hydrogen-bond acceptors (Lipinski definition) is 3. The van der Waals surface area contributed by atoms with Crippen LogP contribution in [0.2, 0.25) is 0 Å². The normalized spacial score (nSPS) is 10.7. The zero-order valence-electron chi connectivity index (χ0n) is 12.3. The Morgan fingerprint density at radius 3 is 2.45 bits per heavy atom. The van der Waals surface area contributed by atoms with Gasteiger partial charge in [-0.05, 0) is 30.4 Å². The van der Waals surface area contributed by atoms with Gasteiger partial charge in [-0.25, -0.2) is 0 Å². The van der Waals surface area contributed by atoms with Crippen molar-refractivity contribution in [2.24, 2.45) is 0 Å². The third-order valence-electron chi connectivity index (χ3n) is 3.16. The summed E-state index contributed by atoms with van der Waals surface area (Å²) in [7, 11) is 3.23. The molecule has 0 aliphatic rings. The fraction of sp³-hybridized carbons (Fsp3) is 0.533. The van der Waals surface area contributed by atoms with Crippen LogP contribution in [0.5, 0.6) is 11.5 Å². The molecule has 0 spiro atoms. The van der Waals surface area contributed by atoms with Gasteiger partial charge in [-0.15, -0.1) is 0 Å². The number of hydrogen-bond donors (Lipinski definition) is 1. The first-order valence-corrected chi connectivity index (χ1v) is 7.36. The summed E-state index contributed by atoms with van der Waals surface area (Å²) in [5, 5.41) is 8.77. The summed E-state index contributed by atoms with van der Waals surface area (Å²) >= 11 is 3.55. The van der Waals surface area contributed by atoms with Crippen molar-refractivity contribution in [2.75, 3.05) is 14.2 Å². The number of halogens is 1. The van der Waals surface area contributed by atoms with Crippen molar-refractivity contribution in [3.05, 3.63) is 21.7 Å². The first-order chi connectivity index (χ1) is 9.42. The Morgan fingerprint density at radius 2 is 2.00 bits per heavy atom. The maximum absolute atomic E-state index is 10.7. The molecule has 4 nitrogen and oxygen atoms in total. The summed E-state index contributed by atoms with van der Waals surface area (Å²) in [6.07, 6.45) is 1.46. The first kappa shape index (κ1) is 16.8. The van der Waals surface area contributed by atoms with E-state index in [0.29, 0.717) is 18.6 Å². The highest BCUT2D eigenvalue weighted by Crippen LogP contribution is 2.42. The smallest absolute Gasteiger partial charge is 0.303 e. The first-order valence-electron chi connectivity index (χ1n) is 6.57. The molecule has 1 rings (SSSR count). The lowest BCUT2D eigenvalue weighted by molar-refractivity contribution is -0.137. The van der Waals surface area contributed by atoms with Crippen LogP contribution in [0.1, 0.15) is 43.7 Å². The van der Waals surface area contributed by atoms with E-state index >= 15 is 0 Å². The topological polar surface area (TPSA) is 55.8 Å². The Kier molecular flexibility index (Phi) is 6.33. The fourth-order valence-electron chi connectivity index (χ4n) is 2.31. The molecule has 1 aromatic rings. The fourth-order valence-corrected chi connectivity index (χ4v) is 2.93. The molecule has 0 fully saturated rings. The number of methoxy groups -OCH3 is 2. The predicted molar refractivity (Wildman–Crippen MR) is 81.9 cm³/mol. The monoisotopic (exact) mass is 344 g/mol. The van der Waals surface area contributed by atoms with Crippen molar-refractivity contribution in [3.8, 4) is 11.5 Å². The van der Waals surface area contributed by atoms with E-state index in [1.165, 1.54) is 0 Å². The molecule has 0 heterocycles. The van der Waals surface area contributed by atoms with E-state index in [4.69, 9.17) is 14.6 Å². The molecule has 0 saturated carbocycles. The molecule has 0 saturated heterocycles. The number of carbonyl (C=O) groups is 1. The Morgan fingerprint density at radius 1 is 1.35 bits per heavy atom. The van der Waals surface area contributed by atoms with Gasteiger partial charge in [0, 0.05) is 16.5 Å². The van der Waals surface area contributed by atoms with E-state index in [0.717, 1.165) is 21.3 Å². The summed E-state index contributed by atoms with van der Waals surface area (Å²) in [6.45, 7) is 4.18. The molecule has 112 valence electrons. The van der Waals surface area contributed by atoms with Crippen LogP contribution in [-0.4, -0.2) is 25.3 Å². The zero-order valence-corrected chi connectivity index (χ0v) is 13.9. The minimum atomic E-state index is -0.771. The number of aliphatic carboxylic acids is 1. The summed E-state index contributed by atoms with van der Waals surface area (Å²) in [5.74, 6) is 0.907. The molecule has 1 N–H and O–H groups in total. The van der Waals surface area contributed by atoms with E-state index in [1.54, 1.807) is 14.2 Å². The molecule has 1 aromatic carbocycles. The highest BCUT2D eigenvalue weighted by molar-refractivity contribution is 9.10. The van der Waals surface area contributed by atoms with Crippen molar-refractivity contribution in [2.45, 2.75) is 39.0 Å². The van der Waals surface area contributed by atoms with Gasteiger partial charge in [-0.1, -0.05) is 29.8 Å². The van der Waals surface area contributed by atoms with Crippen LogP contribution in [0.3, 0.4) is 0 Å². The van der Waals surface area contributed by atoms with Gasteiger partial charge >= 0.3 is 5.97 Å². The second-order valence-corrected chi connectivity index (χ2v) is 5.74. The van der Waals surface area contributed by atoms with E-state index in [-0.39, 0.29) is 12.3 Å². The molecule has 0 radical (unpaired) electrons. The second-order valence-electron chi connectivity index (χ2n) is 4.89. The van der Waals surface area contributed by atoms with Gasteiger partial charge in [0.25, 0.3) is 0 Å². The van der Waals surface area contributed by atoms with Crippen LogP contribution in [-0.2, 0) is 11.2 Å². The average molecular weight is 345 g/mol. The number of carboxylic acid groups (broad SMARTS) is 1. The highest BCUT2D eigenvalue weighted by Gasteiger charge is 2.20. The quantitative estimate of drug-likeness (QED) is 0.812. The van der Waals surface area contributed by atoms with Gasteiger partial charge in [0.2, 0.25) is 0 Å². The molecule has 0 bridgehead atoms. The van der Waals surface area contributed by atoms with Gasteiger partial charge in [-0.3, -0.25) is 4.79 Å². The maximum Gasteiger partial charge on any atom is 0.303 e. The molecule has 0 amide bonds. The largest absolute Gasteiger partial charge is 0.493 e. The number of rotatable bonds is 7. The van der Waals surface area contributed by atoms with E-state index in [9.17, 15) is 4.79 Å². The minimum Gasteiger partial charge on any atom is -0.493 e. The second kappa shape index (κ2) is 7.53. The zero-order chi connectivity index (χ0) is 15.3. The van der Waals surface area contributed by atoms with Crippen LogP contribution in [0.25, 0.3) is 0 Å². The van der Waals surface area contributed by atoms with Crippen LogP contribution in [0.4, 0.5) is 0 Å². The standard InChI is InChI=1S/C15H21BrO4/c1-9(2)14-10(6-5-7-13(17)18)11(16)8-12(19-3)15(14)20-4/h8-9H,5-7H2,1-4H3,(H,17,18). The van der Waals surface area contributed by atoms with Gasteiger partial charge in [0.15, 0.2) is 11.5 Å². The Hall–Kier alpha value is -1.23. The predicted octanol–water partition coefficient (Wildman–Crippen LogP) is 4.00. The average Bonchev–Trinajstić information content (AvgIpc) is 2.38. The molecule has 0 unspecified atom stereocenters. The van der Waals surface area contributed by atoms with Crippen LogP contribution in [0, 0.1) is 0 Å². The molecule has 0 aliphatic carbocycles. The molecule has 0 atom stereocenters. The number of benzene rings is 1. The van der Waals surface area contributed by atoms with Gasteiger partial charge in [0.1, 0.15) is 0 Å². The summed E-state index contributed by atoms with van der Waals surface area (Å²) < 4.78 is 11.8. The molecular weight excluding hydrogens is 324 g/mol. The van der Waals surface area contributed by atoms with Crippen molar-refractivity contribution in [1.82, 2.24) is 0 Å². The van der Waals surface area contributed by atoms with Gasteiger partial charge in [0.05, 0.1) is 14.2 Å². The van der Waals surface area contributed by atoms with Crippen molar-refractivity contribution >= 4 is 21.9 Å². The summed E-state index contributed by atoms with van der Waals surface area (Å²) in [5.41, 5.74) is 2.17. The van der Waals surface area contributed by atoms with Crippen LogP contribution >= 0.6 is 15.9 Å². The van der Waals surface area contributed by atoms with E-state index in [1.807, 2.05) is 6.07 Å². The summed E-state index contributed by atoms with van der Waals surface area (Å²) in [6, 6.07) is 1.88. The number of ether oxygens (including phenoxy) is 2. The third-order valence-corrected chi connectivity index (χ3v) is 3.87. The maximum atomic E-state index is 10.7. The van der Waals surface area contributed by atoms with Crippen LogP contribution < -0.4 is 9.47 Å². The molecule has 5 heteroatoms. The molecule has 0 aliphatic heterocycles. The van der Waals surface area contributed by atoms with E-state index < -0.39 is 5.97 Å². The van der Waals surface area contributed by atoms with Crippen molar-refractivity contribution in [3.63, 3.8) is 0 Å². The van der Waals surface area contributed by atoms with Crippen molar-refractivity contribution < 1.29 is 19.4 Å². The highest BCUT2D eigenvalue weighted by atomic mass is 79.9. The minimum absolute atomic E-state index is 0.165. The summed E-state index contributed by atoms with van der Waals surface area (Å²) in [4.78, 5) is 10.7.